The molecule has 0 aliphatic carbocycles. The molecule has 4 aromatic rings. The molecule has 0 fully saturated rings. The molecular weight excluding hydrogens is 375 g/mol. The first-order chi connectivity index (χ1) is 14.2. The zero-order valence-corrected chi connectivity index (χ0v) is 15.1. The fourth-order valence-electron chi connectivity index (χ4n) is 2.66. The molecule has 0 saturated heterocycles. The van der Waals surface area contributed by atoms with Crippen LogP contribution in [-0.4, -0.2) is 26.2 Å². The van der Waals surface area contributed by atoms with E-state index in [4.69, 9.17) is 9.15 Å². The Balaban J connectivity index is 1.68. The lowest BCUT2D eigenvalue weighted by Crippen LogP contribution is -2.15. The molecule has 29 heavy (non-hydrogen) atoms. The van der Waals surface area contributed by atoms with Gasteiger partial charge in [0.25, 0.3) is 0 Å². The average molecular weight is 390 g/mol. The van der Waals surface area contributed by atoms with Gasteiger partial charge in [-0.15, -0.1) is 5.10 Å². The number of furan rings is 1. The molecule has 0 atom stereocenters. The van der Waals surface area contributed by atoms with Gasteiger partial charge in [-0.1, -0.05) is 48.5 Å². The largest absolute Gasteiger partial charge is 0.465 e. The van der Waals surface area contributed by atoms with Crippen molar-refractivity contribution < 1.29 is 18.3 Å². The Kier molecular flexibility index (Phi) is 5.24. The number of benzene rings is 2. The lowest BCUT2D eigenvalue weighted by atomic mass is 10.2. The van der Waals surface area contributed by atoms with Crippen molar-refractivity contribution in [1.29, 1.82) is 0 Å². The smallest absolute Gasteiger partial charge is 0.357 e. The Morgan fingerprint density at radius 2 is 1.86 bits per heavy atom. The average Bonchev–Trinajstić information content (AvgIpc) is 3.44. The van der Waals surface area contributed by atoms with E-state index in [9.17, 15) is 9.18 Å². The predicted molar refractivity (Wildman–Crippen MR) is 102 cm³/mol. The van der Waals surface area contributed by atoms with Gasteiger partial charge in [-0.2, -0.15) is 4.68 Å². The van der Waals surface area contributed by atoms with Gasteiger partial charge in [0.05, 0.1) is 6.26 Å². The number of rotatable bonds is 6. The van der Waals surface area contributed by atoms with Crippen molar-refractivity contribution in [2.45, 2.75) is 6.61 Å². The molecule has 0 bridgehead atoms. The Labute approximate surface area is 165 Å². The number of tetrazole rings is 1. The molecule has 0 aliphatic rings. The van der Waals surface area contributed by atoms with Crippen LogP contribution in [0.3, 0.4) is 0 Å². The molecular formula is C21H15FN4O3. The minimum absolute atomic E-state index is 0.0279. The Bertz CT molecular complexity index is 1140. The van der Waals surface area contributed by atoms with E-state index in [-0.39, 0.29) is 17.9 Å². The van der Waals surface area contributed by atoms with Crippen LogP contribution in [-0.2, 0) is 16.1 Å². The summed E-state index contributed by atoms with van der Waals surface area (Å²) in [7, 11) is 0. The van der Waals surface area contributed by atoms with Crippen LogP contribution in [0.1, 0.15) is 11.3 Å². The van der Waals surface area contributed by atoms with Crippen molar-refractivity contribution in [3.05, 3.63) is 90.1 Å². The lowest BCUT2D eigenvalue weighted by Gasteiger charge is -2.10. The maximum Gasteiger partial charge on any atom is 0.357 e. The van der Waals surface area contributed by atoms with Gasteiger partial charge < -0.3 is 9.15 Å². The molecule has 2 aromatic carbocycles. The zero-order chi connectivity index (χ0) is 20.1. The Morgan fingerprint density at radius 3 is 2.62 bits per heavy atom. The highest BCUT2D eigenvalue weighted by molar-refractivity contribution is 6.15. The number of ether oxygens (including phenoxy) is 1. The van der Waals surface area contributed by atoms with Crippen molar-refractivity contribution in [2.24, 2.45) is 0 Å². The van der Waals surface area contributed by atoms with Crippen LogP contribution >= 0.6 is 0 Å². The number of carbonyl (C=O) groups excluding carboxylic acids is 1. The van der Waals surface area contributed by atoms with Crippen molar-refractivity contribution in [3.8, 4) is 11.4 Å². The van der Waals surface area contributed by atoms with Gasteiger partial charge in [0, 0.05) is 17.2 Å². The van der Waals surface area contributed by atoms with E-state index in [1.165, 1.54) is 23.1 Å². The van der Waals surface area contributed by atoms with Gasteiger partial charge >= 0.3 is 5.97 Å². The molecule has 2 aromatic heterocycles. The standard InChI is InChI=1S/C21H15FN4O3/c22-18-11-5-4-9-16(18)14-29-21(27)19(13-17-10-6-12-28-17)26-20(23-24-25-26)15-7-2-1-3-8-15/h1-13H,14H2/b19-13-. The molecule has 0 spiro atoms. The van der Waals surface area contributed by atoms with Gasteiger partial charge in [0.2, 0.25) is 0 Å². The number of carbonyl (C=O) groups is 1. The summed E-state index contributed by atoms with van der Waals surface area (Å²) in [5.41, 5.74) is 1.00. The quantitative estimate of drug-likeness (QED) is 0.368. The van der Waals surface area contributed by atoms with E-state index >= 15 is 0 Å². The van der Waals surface area contributed by atoms with Crippen molar-refractivity contribution in [3.63, 3.8) is 0 Å². The third-order valence-corrected chi connectivity index (χ3v) is 4.08. The Hall–Kier alpha value is -4.07. The maximum atomic E-state index is 13.8. The summed E-state index contributed by atoms with van der Waals surface area (Å²) in [4.78, 5) is 12.9. The highest BCUT2D eigenvalue weighted by Gasteiger charge is 2.21. The first kappa shape index (κ1) is 18.3. The lowest BCUT2D eigenvalue weighted by molar-refractivity contribution is -0.138. The molecule has 0 amide bonds. The van der Waals surface area contributed by atoms with E-state index in [1.54, 1.807) is 30.3 Å². The maximum absolute atomic E-state index is 13.8. The van der Waals surface area contributed by atoms with Crippen LogP contribution in [0.25, 0.3) is 23.2 Å². The SMILES string of the molecule is O=C(OCc1ccccc1F)/C(=C/c1ccco1)n1nnnc1-c1ccccc1. The minimum atomic E-state index is -0.728. The van der Waals surface area contributed by atoms with Gasteiger partial charge in [-0.3, -0.25) is 0 Å². The summed E-state index contributed by atoms with van der Waals surface area (Å²) in [6.07, 6.45) is 2.94. The second-order valence-electron chi connectivity index (χ2n) is 5.99. The molecule has 4 rings (SSSR count). The highest BCUT2D eigenvalue weighted by Crippen LogP contribution is 2.22. The van der Waals surface area contributed by atoms with Crippen LogP contribution < -0.4 is 0 Å². The highest BCUT2D eigenvalue weighted by atomic mass is 19.1. The summed E-state index contributed by atoms with van der Waals surface area (Å²) in [6, 6.07) is 18.6. The zero-order valence-electron chi connectivity index (χ0n) is 15.1. The summed E-state index contributed by atoms with van der Waals surface area (Å²) in [6.45, 7) is -0.232. The number of nitrogens with zero attached hydrogens (tertiary/aromatic N) is 4. The van der Waals surface area contributed by atoms with Crippen LogP contribution in [0.15, 0.2) is 77.4 Å². The van der Waals surface area contributed by atoms with Gasteiger partial charge in [0.15, 0.2) is 11.5 Å². The number of halogens is 1. The van der Waals surface area contributed by atoms with E-state index in [1.807, 2.05) is 30.3 Å². The molecule has 144 valence electrons. The molecule has 0 unspecified atom stereocenters. The topological polar surface area (TPSA) is 83.0 Å². The second kappa shape index (κ2) is 8.30. The number of hydrogen-bond acceptors (Lipinski definition) is 6. The van der Waals surface area contributed by atoms with E-state index < -0.39 is 11.8 Å². The van der Waals surface area contributed by atoms with Gasteiger partial charge in [0.1, 0.15) is 18.2 Å². The third kappa shape index (κ3) is 4.11. The van der Waals surface area contributed by atoms with Crippen LogP contribution in [0.5, 0.6) is 0 Å². The fourth-order valence-corrected chi connectivity index (χ4v) is 2.66. The predicted octanol–water partition coefficient (Wildman–Crippen LogP) is 3.81. The minimum Gasteiger partial charge on any atom is -0.465 e. The first-order valence-corrected chi connectivity index (χ1v) is 8.72. The van der Waals surface area contributed by atoms with Crippen LogP contribution in [0, 0.1) is 5.82 Å². The summed E-state index contributed by atoms with van der Waals surface area (Å²) >= 11 is 0. The van der Waals surface area contributed by atoms with Gasteiger partial charge in [-0.05, 0) is 28.6 Å². The summed E-state index contributed by atoms with van der Waals surface area (Å²) in [5, 5.41) is 11.6. The van der Waals surface area contributed by atoms with E-state index in [0.29, 0.717) is 17.1 Å². The number of hydrogen-bond donors (Lipinski definition) is 0. The molecule has 0 radical (unpaired) electrons. The molecule has 8 heteroatoms. The summed E-state index contributed by atoms with van der Waals surface area (Å²) in [5.74, 6) is -0.415. The molecule has 0 N–H and O–H groups in total. The Morgan fingerprint density at radius 1 is 1.07 bits per heavy atom. The molecule has 7 nitrogen and oxygen atoms in total. The molecule has 0 saturated carbocycles. The van der Waals surface area contributed by atoms with Crippen molar-refractivity contribution >= 4 is 17.7 Å². The molecule has 2 heterocycles. The second-order valence-corrected chi connectivity index (χ2v) is 5.99. The van der Waals surface area contributed by atoms with Crippen molar-refractivity contribution in [1.82, 2.24) is 20.2 Å². The third-order valence-electron chi connectivity index (χ3n) is 4.08. The first-order valence-electron chi connectivity index (χ1n) is 8.72. The monoisotopic (exact) mass is 390 g/mol. The van der Waals surface area contributed by atoms with E-state index in [0.717, 1.165) is 0 Å². The van der Waals surface area contributed by atoms with Gasteiger partial charge in [-0.25, -0.2) is 9.18 Å². The van der Waals surface area contributed by atoms with E-state index in [2.05, 4.69) is 15.5 Å². The fraction of sp³-hybridized carbons (Fsp3) is 0.0476. The van der Waals surface area contributed by atoms with Crippen molar-refractivity contribution in [2.75, 3.05) is 0 Å². The number of aromatic nitrogens is 4. The normalized spacial score (nSPS) is 11.4. The van der Waals surface area contributed by atoms with Crippen LogP contribution in [0.4, 0.5) is 4.39 Å². The molecule has 0 aliphatic heterocycles. The summed E-state index contributed by atoms with van der Waals surface area (Å²) < 4.78 is 25.8. The van der Waals surface area contributed by atoms with Crippen LogP contribution in [0.2, 0.25) is 0 Å². The number of esters is 1.